The van der Waals surface area contributed by atoms with Gasteiger partial charge in [-0.2, -0.15) is 0 Å². The van der Waals surface area contributed by atoms with Crippen molar-refractivity contribution >= 4 is 31.6 Å². The number of carbonyl (C=O) groups excluding carboxylic acids is 1. The molecule has 0 saturated heterocycles. The molecule has 0 bridgehead atoms. The van der Waals surface area contributed by atoms with Crippen LogP contribution in [0.1, 0.15) is 11.1 Å². The fraction of sp³-hybridized carbons (Fsp3) is 0.296. The van der Waals surface area contributed by atoms with Crippen LogP contribution in [0.5, 0.6) is 11.5 Å². The fourth-order valence-corrected chi connectivity index (χ4v) is 6.32. The lowest BCUT2D eigenvalue weighted by molar-refractivity contribution is -0.127. The standard InChI is InChI=1S/C27H31N3O7S2/c1-19-5-10-23(11-6-19)39(34,35)30-18-26(37-25-17-20(2)7-14-24(25)30)27(31)28-15-16-36-21-8-12-22(13-9-21)38(32,33)29(3)4/h5-14,17,26H,15-16,18H2,1-4H3,(H,28,31)/t26-/m1/s1. The number of amides is 1. The van der Waals surface area contributed by atoms with E-state index in [9.17, 15) is 21.6 Å². The van der Waals surface area contributed by atoms with E-state index < -0.39 is 32.1 Å². The molecule has 1 aliphatic rings. The van der Waals surface area contributed by atoms with Gasteiger partial charge in [0, 0.05) is 14.1 Å². The number of nitrogens with one attached hydrogen (secondary N) is 1. The lowest BCUT2D eigenvalue weighted by Gasteiger charge is -2.35. The maximum Gasteiger partial charge on any atom is 0.264 e. The van der Waals surface area contributed by atoms with Crippen LogP contribution in [0.4, 0.5) is 5.69 Å². The summed E-state index contributed by atoms with van der Waals surface area (Å²) >= 11 is 0. The molecule has 0 spiro atoms. The molecule has 208 valence electrons. The molecule has 10 nitrogen and oxygen atoms in total. The summed E-state index contributed by atoms with van der Waals surface area (Å²) in [5.74, 6) is 0.263. The van der Waals surface area contributed by atoms with E-state index in [0.717, 1.165) is 15.4 Å². The number of sulfonamides is 2. The van der Waals surface area contributed by atoms with Crippen LogP contribution in [0.2, 0.25) is 0 Å². The van der Waals surface area contributed by atoms with Crippen LogP contribution in [0.3, 0.4) is 0 Å². The summed E-state index contributed by atoms with van der Waals surface area (Å²) in [6, 6.07) is 17.7. The van der Waals surface area contributed by atoms with Crippen LogP contribution in [0.25, 0.3) is 0 Å². The first kappa shape index (κ1) is 28.4. The van der Waals surface area contributed by atoms with Crippen molar-refractivity contribution in [1.29, 1.82) is 0 Å². The van der Waals surface area contributed by atoms with Crippen LogP contribution < -0.4 is 19.1 Å². The first-order valence-electron chi connectivity index (χ1n) is 12.2. The Morgan fingerprint density at radius 3 is 2.21 bits per heavy atom. The summed E-state index contributed by atoms with van der Waals surface area (Å²) in [5.41, 5.74) is 2.16. The largest absolute Gasteiger partial charge is 0.492 e. The Bertz CT molecular complexity index is 1550. The molecule has 0 radical (unpaired) electrons. The molecule has 12 heteroatoms. The molecule has 1 amide bonds. The van der Waals surface area contributed by atoms with Gasteiger partial charge >= 0.3 is 0 Å². The van der Waals surface area contributed by atoms with Gasteiger partial charge < -0.3 is 14.8 Å². The summed E-state index contributed by atoms with van der Waals surface area (Å²) in [4.78, 5) is 13.3. The Balaban J connectivity index is 1.42. The van der Waals surface area contributed by atoms with Gasteiger partial charge in [-0.3, -0.25) is 9.10 Å². The van der Waals surface area contributed by atoms with Crippen molar-refractivity contribution in [3.05, 3.63) is 77.9 Å². The number of ether oxygens (including phenoxy) is 2. The SMILES string of the molecule is Cc1ccc(S(=O)(=O)N2C[C@H](C(=O)NCCOc3ccc(S(=O)(=O)N(C)C)cc3)Oc3cc(C)ccc32)cc1. The van der Waals surface area contributed by atoms with Gasteiger partial charge in [-0.25, -0.2) is 21.1 Å². The van der Waals surface area contributed by atoms with Crippen molar-refractivity contribution in [2.45, 2.75) is 29.7 Å². The monoisotopic (exact) mass is 573 g/mol. The van der Waals surface area contributed by atoms with Crippen LogP contribution in [-0.4, -0.2) is 66.9 Å². The maximum absolute atomic E-state index is 13.5. The predicted molar refractivity (Wildman–Crippen MR) is 147 cm³/mol. The van der Waals surface area contributed by atoms with E-state index in [0.29, 0.717) is 17.2 Å². The number of fused-ring (bicyclic) bond motifs is 1. The van der Waals surface area contributed by atoms with Crippen LogP contribution in [0.15, 0.2) is 76.5 Å². The minimum atomic E-state index is -3.95. The third kappa shape index (κ3) is 6.18. The molecule has 3 aromatic rings. The minimum absolute atomic E-state index is 0.110. The third-order valence-electron chi connectivity index (χ3n) is 6.16. The van der Waals surface area contributed by atoms with Gasteiger partial charge in [-0.1, -0.05) is 23.8 Å². The molecule has 1 aliphatic heterocycles. The Morgan fingerprint density at radius 1 is 0.949 bits per heavy atom. The molecule has 4 rings (SSSR count). The van der Waals surface area contributed by atoms with Crippen molar-refractivity contribution < 1.29 is 31.1 Å². The van der Waals surface area contributed by atoms with E-state index in [4.69, 9.17) is 9.47 Å². The highest BCUT2D eigenvalue weighted by Gasteiger charge is 2.37. The molecule has 0 fully saturated rings. The number of rotatable bonds is 9. The molecular formula is C27H31N3O7S2. The van der Waals surface area contributed by atoms with Crippen LogP contribution in [-0.2, 0) is 24.8 Å². The Kier molecular flexibility index (Phi) is 8.19. The smallest absolute Gasteiger partial charge is 0.264 e. The van der Waals surface area contributed by atoms with Gasteiger partial charge in [0.25, 0.3) is 15.9 Å². The maximum atomic E-state index is 13.5. The minimum Gasteiger partial charge on any atom is -0.492 e. The molecular weight excluding hydrogens is 542 g/mol. The van der Waals surface area contributed by atoms with Crippen LogP contribution >= 0.6 is 0 Å². The lowest BCUT2D eigenvalue weighted by atomic mass is 10.1. The molecule has 1 atom stereocenters. The molecule has 1 heterocycles. The highest BCUT2D eigenvalue weighted by atomic mass is 32.2. The van der Waals surface area contributed by atoms with Crippen molar-refractivity contribution in [2.24, 2.45) is 0 Å². The number of aryl methyl sites for hydroxylation is 2. The average molecular weight is 574 g/mol. The van der Waals surface area contributed by atoms with E-state index in [1.165, 1.54) is 42.7 Å². The number of hydrogen-bond acceptors (Lipinski definition) is 7. The second-order valence-corrected chi connectivity index (χ2v) is 13.3. The number of benzene rings is 3. The first-order valence-corrected chi connectivity index (χ1v) is 15.1. The van der Waals surface area contributed by atoms with E-state index >= 15 is 0 Å². The van der Waals surface area contributed by atoms with Gasteiger partial charge in [0.05, 0.1) is 28.6 Å². The third-order valence-corrected chi connectivity index (χ3v) is 9.78. The van der Waals surface area contributed by atoms with E-state index in [1.54, 1.807) is 42.5 Å². The van der Waals surface area contributed by atoms with Gasteiger partial charge in [0.15, 0.2) is 6.10 Å². The zero-order valence-electron chi connectivity index (χ0n) is 22.1. The van der Waals surface area contributed by atoms with Crippen molar-refractivity contribution in [2.75, 3.05) is 38.1 Å². The highest BCUT2D eigenvalue weighted by molar-refractivity contribution is 7.92. The number of anilines is 1. The molecule has 0 saturated carbocycles. The first-order chi connectivity index (χ1) is 18.4. The molecule has 3 aromatic carbocycles. The molecule has 39 heavy (non-hydrogen) atoms. The summed E-state index contributed by atoms with van der Waals surface area (Å²) in [7, 11) is -4.58. The van der Waals surface area contributed by atoms with Gasteiger partial charge in [0.1, 0.15) is 18.1 Å². The second-order valence-electron chi connectivity index (χ2n) is 9.33. The normalized spacial score (nSPS) is 15.4. The molecule has 1 N–H and O–H groups in total. The number of hydrogen-bond donors (Lipinski definition) is 1. The zero-order valence-corrected chi connectivity index (χ0v) is 23.8. The Hall–Kier alpha value is -3.61. The number of nitrogens with zero attached hydrogens (tertiary/aromatic N) is 2. The number of carbonyl (C=O) groups is 1. The summed E-state index contributed by atoms with van der Waals surface area (Å²) in [5, 5.41) is 2.72. The summed E-state index contributed by atoms with van der Waals surface area (Å²) < 4.78 is 65.3. The van der Waals surface area contributed by atoms with Crippen molar-refractivity contribution in [1.82, 2.24) is 9.62 Å². The highest BCUT2D eigenvalue weighted by Crippen LogP contribution is 2.37. The van der Waals surface area contributed by atoms with E-state index in [-0.39, 0.29) is 29.5 Å². The van der Waals surface area contributed by atoms with Crippen LogP contribution in [0, 0.1) is 13.8 Å². The average Bonchev–Trinajstić information content (AvgIpc) is 2.90. The van der Waals surface area contributed by atoms with Crippen molar-refractivity contribution in [3.8, 4) is 11.5 Å². The van der Waals surface area contributed by atoms with Gasteiger partial charge in [-0.05, 0) is 67.9 Å². The fourth-order valence-electron chi connectivity index (χ4n) is 3.94. The molecule has 0 unspecified atom stereocenters. The summed E-state index contributed by atoms with van der Waals surface area (Å²) in [6.07, 6.45) is -1.07. The Morgan fingerprint density at radius 2 is 1.56 bits per heavy atom. The Labute approximate surface area is 229 Å². The van der Waals surface area contributed by atoms with E-state index in [2.05, 4.69) is 5.32 Å². The second kappa shape index (κ2) is 11.2. The van der Waals surface area contributed by atoms with E-state index in [1.807, 2.05) is 13.8 Å². The topological polar surface area (TPSA) is 122 Å². The summed E-state index contributed by atoms with van der Waals surface area (Å²) in [6.45, 7) is 3.77. The predicted octanol–water partition coefficient (Wildman–Crippen LogP) is 2.71. The lowest BCUT2D eigenvalue weighted by Crippen LogP contribution is -2.51. The van der Waals surface area contributed by atoms with Gasteiger partial charge in [0.2, 0.25) is 10.0 Å². The molecule has 0 aliphatic carbocycles. The van der Waals surface area contributed by atoms with Gasteiger partial charge in [-0.15, -0.1) is 0 Å². The quantitative estimate of drug-likeness (QED) is 0.391. The van der Waals surface area contributed by atoms with Crippen molar-refractivity contribution in [3.63, 3.8) is 0 Å². The molecule has 0 aromatic heterocycles. The zero-order chi connectivity index (χ0) is 28.4.